The maximum absolute atomic E-state index is 13.1. The van der Waals surface area contributed by atoms with Crippen LogP contribution in [0.3, 0.4) is 0 Å². The Hall–Kier alpha value is -3.78. The molecule has 3 aromatic carbocycles. The lowest BCUT2D eigenvalue weighted by molar-refractivity contribution is 0.0964. The number of rotatable bonds is 6. The molecule has 1 amide bonds. The second kappa shape index (κ2) is 9.27. The van der Waals surface area contributed by atoms with Gasteiger partial charge in [-0.15, -0.1) is 0 Å². The summed E-state index contributed by atoms with van der Waals surface area (Å²) >= 11 is 0. The molecule has 2 heterocycles. The summed E-state index contributed by atoms with van der Waals surface area (Å²) < 4.78 is 39.6. The van der Waals surface area contributed by atoms with Crippen LogP contribution in [0.4, 0.5) is 5.69 Å². The minimum Gasteiger partial charge on any atom is -0.457 e. The summed E-state index contributed by atoms with van der Waals surface area (Å²) in [6.07, 6.45) is 3.52. The van der Waals surface area contributed by atoms with Crippen molar-refractivity contribution in [2.24, 2.45) is 0 Å². The van der Waals surface area contributed by atoms with Crippen LogP contribution in [0.1, 0.15) is 47.5 Å². The van der Waals surface area contributed by atoms with Gasteiger partial charge in [0, 0.05) is 30.6 Å². The first kappa shape index (κ1) is 23.6. The van der Waals surface area contributed by atoms with Gasteiger partial charge in [0.05, 0.1) is 17.0 Å². The number of amides is 1. The quantitative estimate of drug-likeness (QED) is 0.337. The van der Waals surface area contributed by atoms with Crippen molar-refractivity contribution < 1.29 is 22.4 Å². The highest BCUT2D eigenvalue weighted by Crippen LogP contribution is 2.48. The van der Waals surface area contributed by atoms with Crippen LogP contribution >= 0.6 is 0 Å². The number of hydrogen-bond acceptors (Lipinski definition) is 5. The molecule has 0 spiro atoms. The van der Waals surface area contributed by atoms with E-state index in [1.54, 1.807) is 11.4 Å². The Morgan fingerprint density at radius 3 is 2.41 bits per heavy atom. The van der Waals surface area contributed by atoms with E-state index >= 15 is 0 Å². The van der Waals surface area contributed by atoms with E-state index in [9.17, 15) is 13.2 Å². The number of nitrogens with zero attached hydrogens (tertiary/aromatic N) is 1. The predicted molar refractivity (Wildman–Crippen MR) is 144 cm³/mol. The van der Waals surface area contributed by atoms with Crippen LogP contribution in [-0.2, 0) is 10.0 Å². The molecular formula is C29H28N2O5S. The molecule has 2 fully saturated rings. The van der Waals surface area contributed by atoms with Gasteiger partial charge >= 0.3 is 0 Å². The topological polar surface area (TPSA) is 88.8 Å². The summed E-state index contributed by atoms with van der Waals surface area (Å²) in [5, 5.41) is 3.43. The number of ether oxygens (including phenoxy) is 1. The second-order valence-electron chi connectivity index (χ2n) is 9.60. The average molecular weight is 517 g/mol. The lowest BCUT2D eigenvalue weighted by Crippen LogP contribution is -2.38. The molecule has 1 aromatic heterocycles. The molecule has 8 heteroatoms. The second-order valence-corrected chi connectivity index (χ2v) is 11.6. The van der Waals surface area contributed by atoms with Gasteiger partial charge in [-0.2, -0.15) is 0 Å². The van der Waals surface area contributed by atoms with Gasteiger partial charge in [-0.05, 0) is 79.6 Å². The van der Waals surface area contributed by atoms with Crippen molar-refractivity contribution in [2.75, 3.05) is 23.7 Å². The van der Waals surface area contributed by atoms with Gasteiger partial charge in [-0.25, -0.2) is 8.42 Å². The van der Waals surface area contributed by atoms with E-state index in [2.05, 4.69) is 5.32 Å². The minimum atomic E-state index is -3.38. The number of carbonyl (C=O) groups excluding carboxylic acids is 1. The minimum absolute atomic E-state index is 0.152. The van der Waals surface area contributed by atoms with E-state index < -0.39 is 10.0 Å². The summed E-state index contributed by atoms with van der Waals surface area (Å²) in [6.45, 7) is 0.465. The Bertz CT molecular complexity index is 1570. The van der Waals surface area contributed by atoms with Crippen molar-refractivity contribution in [3.05, 3.63) is 77.9 Å². The van der Waals surface area contributed by atoms with Gasteiger partial charge in [-0.1, -0.05) is 18.2 Å². The first-order valence-corrected chi connectivity index (χ1v) is 14.2. The van der Waals surface area contributed by atoms with Crippen LogP contribution < -0.4 is 14.4 Å². The van der Waals surface area contributed by atoms with Crippen molar-refractivity contribution in [1.29, 1.82) is 0 Å². The Labute approximate surface area is 216 Å². The molecule has 1 aliphatic carbocycles. The molecular weight excluding hydrogens is 488 g/mol. The zero-order chi connectivity index (χ0) is 25.6. The number of nitrogens with one attached hydrogen (secondary N) is 1. The largest absolute Gasteiger partial charge is 0.457 e. The molecule has 1 saturated heterocycles. The molecule has 0 radical (unpaired) electrons. The normalized spacial score (nSPS) is 17.1. The molecule has 37 heavy (non-hydrogen) atoms. The van der Waals surface area contributed by atoms with E-state index in [4.69, 9.17) is 9.15 Å². The predicted octanol–water partition coefficient (Wildman–Crippen LogP) is 6.06. The zero-order valence-corrected chi connectivity index (χ0v) is 21.4. The SMILES string of the molecule is CNC(=O)c1c(-c2ccc(Oc3ccccc3)cc2)oc2cc(N3CCCCS3(=O)=O)c(C3CC3)cc12. The van der Waals surface area contributed by atoms with Crippen LogP contribution in [0, 0.1) is 0 Å². The third-order valence-electron chi connectivity index (χ3n) is 7.02. The van der Waals surface area contributed by atoms with E-state index in [-0.39, 0.29) is 11.7 Å². The van der Waals surface area contributed by atoms with Crippen molar-refractivity contribution in [3.8, 4) is 22.8 Å². The summed E-state index contributed by atoms with van der Waals surface area (Å²) in [6, 6.07) is 20.7. The molecule has 0 unspecified atom stereocenters. The Kier molecular flexibility index (Phi) is 5.91. The molecule has 2 aliphatic rings. The molecule has 1 aliphatic heterocycles. The van der Waals surface area contributed by atoms with Gasteiger partial charge in [-0.3, -0.25) is 9.10 Å². The molecule has 0 bridgehead atoms. The summed E-state index contributed by atoms with van der Waals surface area (Å²) in [5.74, 6) is 2.04. The zero-order valence-electron chi connectivity index (χ0n) is 20.6. The third-order valence-corrected chi connectivity index (χ3v) is 8.88. The number of fused-ring (bicyclic) bond motifs is 1. The molecule has 1 saturated carbocycles. The van der Waals surface area contributed by atoms with Gasteiger partial charge in [0.1, 0.15) is 22.8 Å². The fourth-order valence-corrected chi connectivity index (χ4v) is 6.65. The average Bonchev–Trinajstić information content (AvgIpc) is 3.69. The van der Waals surface area contributed by atoms with Crippen LogP contribution in [0.5, 0.6) is 11.5 Å². The number of benzene rings is 3. The van der Waals surface area contributed by atoms with Gasteiger partial charge < -0.3 is 14.5 Å². The smallest absolute Gasteiger partial charge is 0.255 e. The van der Waals surface area contributed by atoms with Crippen LogP contribution in [0.25, 0.3) is 22.3 Å². The van der Waals surface area contributed by atoms with Crippen molar-refractivity contribution in [3.63, 3.8) is 0 Å². The molecule has 7 nitrogen and oxygen atoms in total. The Morgan fingerprint density at radius 1 is 1.00 bits per heavy atom. The first-order chi connectivity index (χ1) is 17.9. The lowest BCUT2D eigenvalue weighted by Gasteiger charge is -2.30. The third kappa shape index (κ3) is 4.46. The van der Waals surface area contributed by atoms with Gasteiger partial charge in [0.2, 0.25) is 10.0 Å². The molecule has 4 aromatic rings. The number of anilines is 1. The summed E-state index contributed by atoms with van der Waals surface area (Å²) in [4.78, 5) is 13.1. The summed E-state index contributed by atoms with van der Waals surface area (Å²) in [5.41, 5.74) is 3.34. The highest BCUT2D eigenvalue weighted by Gasteiger charge is 2.35. The summed E-state index contributed by atoms with van der Waals surface area (Å²) in [7, 11) is -1.79. The highest BCUT2D eigenvalue weighted by molar-refractivity contribution is 7.92. The van der Waals surface area contributed by atoms with E-state index in [1.807, 2.05) is 66.7 Å². The number of furan rings is 1. The molecule has 1 N–H and O–H groups in total. The van der Waals surface area contributed by atoms with E-state index in [0.29, 0.717) is 52.6 Å². The molecule has 190 valence electrons. The first-order valence-electron chi connectivity index (χ1n) is 12.6. The van der Waals surface area contributed by atoms with Crippen molar-refractivity contribution in [2.45, 2.75) is 31.6 Å². The maximum atomic E-state index is 13.1. The Balaban J connectivity index is 1.45. The highest BCUT2D eigenvalue weighted by atomic mass is 32.2. The fraction of sp³-hybridized carbons (Fsp3) is 0.276. The van der Waals surface area contributed by atoms with Crippen molar-refractivity contribution in [1.82, 2.24) is 5.32 Å². The monoisotopic (exact) mass is 516 g/mol. The molecule has 6 rings (SSSR count). The maximum Gasteiger partial charge on any atom is 0.255 e. The molecule has 0 atom stereocenters. The van der Waals surface area contributed by atoms with Gasteiger partial charge in [0.15, 0.2) is 0 Å². The van der Waals surface area contributed by atoms with Gasteiger partial charge in [0.25, 0.3) is 5.91 Å². The fourth-order valence-electron chi connectivity index (χ4n) is 5.00. The number of carbonyl (C=O) groups is 1. The standard InChI is InChI=1S/C29H28N2O5S/c1-30-29(32)27-24-17-23(19-9-10-19)25(31-15-5-6-16-37(31,33)34)18-26(24)36-28(27)20-11-13-22(14-12-20)35-21-7-3-2-4-8-21/h2-4,7-8,11-14,17-19H,5-6,9-10,15-16H2,1H3,(H,30,32). The number of sulfonamides is 1. The Morgan fingerprint density at radius 2 is 1.73 bits per heavy atom. The van der Waals surface area contributed by atoms with Crippen LogP contribution in [0.15, 0.2) is 71.1 Å². The van der Waals surface area contributed by atoms with Crippen LogP contribution in [0.2, 0.25) is 0 Å². The van der Waals surface area contributed by atoms with E-state index in [1.165, 1.54) is 0 Å². The lowest BCUT2D eigenvalue weighted by atomic mass is 10.00. The number of para-hydroxylation sites is 1. The van der Waals surface area contributed by atoms with Crippen LogP contribution in [-0.4, -0.2) is 33.7 Å². The number of hydrogen-bond donors (Lipinski definition) is 1. The van der Waals surface area contributed by atoms with Crippen molar-refractivity contribution >= 4 is 32.6 Å². The van der Waals surface area contributed by atoms with E-state index in [0.717, 1.165) is 36.1 Å².